The summed E-state index contributed by atoms with van der Waals surface area (Å²) in [4.78, 5) is 0. The van der Waals surface area contributed by atoms with Gasteiger partial charge in [0.2, 0.25) is 0 Å². The van der Waals surface area contributed by atoms with Gasteiger partial charge in [0.1, 0.15) is 0 Å². The molecular formula is C14H14N4. The number of hydrogen-bond donors (Lipinski definition) is 0. The van der Waals surface area contributed by atoms with Gasteiger partial charge in [0.15, 0.2) is 0 Å². The fourth-order valence-corrected chi connectivity index (χ4v) is 2.74. The van der Waals surface area contributed by atoms with Gasteiger partial charge in [-0.2, -0.15) is 10.2 Å². The fraction of sp³-hybridized carbons (Fsp3) is 0.286. The van der Waals surface area contributed by atoms with Crippen molar-refractivity contribution in [1.29, 1.82) is 0 Å². The van der Waals surface area contributed by atoms with Gasteiger partial charge in [-0.05, 0) is 31.4 Å². The van der Waals surface area contributed by atoms with Crippen molar-refractivity contribution in [2.75, 3.05) is 0 Å². The van der Waals surface area contributed by atoms with Crippen molar-refractivity contribution in [1.82, 2.24) is 19.4 Å². The van der Waals surface area contributed by atoms with Crippen LogP contribution >= 0.6 is 0 Å². The molecule has 0 unspecified atom stereocenters. The standard InChI is InChI=1S/C14H14N4/c1-2-8-17-14(3-1)13(9-16-17)11-4-5-12-6-7-15-18(12)10-11/h4-7,9-10H,1-3,8H2. The van der Waals surface area contributed by atoms with Crippen LogP contribution in [0.5, 0.6) is 0 Å². The normalized spacial score (nSPS) is 14.9. The molecule has 3 aromatic rings. The smallest absolute Gasteiger partial charge is 0.0661 e. The number of pyridine rings is 1. The Balaban J connectivity index is 1.88. The Bertz CT molecular complexity index is 707. The van der Waals surface area contributed by atoms with Crippen molar-refractivity contribution in [3.05, 3.63) is 42.5 Å². The van der Waals surface area contributed by atoms with Gasteiger partial charge < -0.3 is 0 Å². The van der Waals surface area contributed by atoms with Crippen molar-refractivity contribution >= 4 is 5.52 Å². The van der Waals surface area contributed by atoms with Crippen molar-refractivity contribution in [3.8, 4) is 11.1 Å². The minimum Gasteiger partial charge on any atom is -0.269 e. The second-order valence-corrected chi connectivity index (χ2v) is 4.80. The molecule has 0 aliphatic carbocycles. The number of nitrogens with zero attached hydrogens (tertiary/aromatic N) is 4. The van der Waals surface area contributed by atoms with Crippen molar-refractivity contribution < 1.29 is 0 Å². The van der Waals surface area contributed by atoms with Crippen LogP contribution in [0.25, 0.3) is 16.6 Å². The highest BCUT2D eigenvalue weighted by atomic mass is 15.3. The highest BCUT2D eigenvalue weighted by molar-refractivity contribution is 5.67. The molecule has 0 fully saturated rings. The average molecular weight is 238 g/mol. The van der Waals surface area contributed by atoms with Crippen LogP contribution in [0.15, 0.2) is 36.8 Å². The Morgan fingerprint density at radius 1 is 1.06 bits per heavy atom. The van der Waals surface area contributed by atoms with Gasteiger partial charge in [0.25, 0.3) is 0 Å². The quantitative estimate of drug-likeness (QED) is 0.653. The van der Waals surface area contributed by atoms with E-state index in [4.69, 9.17) is 0 Å². The van der Waals surface area contributed by atoms with Crippen LogP contribution in [-0.4, -0.2) is 19.4 Å². The maximum Gasteiger partial charge on any atom is 0.0661 e. The summed E-state index contributed by atoms with van der Waals surface area (Å²) < 4.78 is 4.06. The van der Waals surface area contributed by atoms with Crippen LogP contribution in [0, 0.1) is 0 Å². The van der Waals surface area contributed by atoms with Crippen LogP contribution in [0.4, 0.5) is 0 Å². The summed E-state index contributed by atoms with van der Waals surface area (Å²) in [6.07, 6.45) is 9.54. The highest BCUT2D eigenvalue weighted by Crippen LogP contribution is 2.27. The molecule has 4 rings (SSSR count). The predicted molar refractivity (Wildman–Crippen MR) is 69.4 cm³/mol. The van der Waals surface area contributed by atoms with Crippen molar-refractivity contribution in [2.45, 2.75) is 25.8 Å². The summed E-state index contributed by atoms with van der Waals surface area (Å²) in [7, 11) is 0. The zero-order valence-electron chi connectivity index (χ0n) is 10.1. The molecule has 0 N–H and O–H groups in total. The lowest BCUT2D eigenvalue weighted by Crippen LogP contribution is -2.11. The fourth-order valence-electron chi connectivity index (χ4n) is 2.74. The Morgan fingerprint density at radius 3 is 3.06 bits per heavy atom. The van der Waals surface area contributed by atoms with Crippen molar-refractivity contribution in [3.63, 3.8) is 0 Å². The average Bonchev–Trinajstić information content (AvgIpc) is 3.04. The number of aromatic nitrogens is 4. The van der Waals surface area contributed by atoms with E-state index in [1.807, 2.05) is 23.0 Å². The largest absolute Gasteiger partial charge is 0.269 e. The molecule has 0 spiro atoms. The van der Waals surface area contributed by atoms with Gasteiger partial charge in [0, 0.05) is 35.8 Å². The van der Waals surface area contributed by atoms with E-state index in [2.05, 4.69) is 33.2 Å². The molecule has 0 atom stereocenters. The molecule has 0 bridgehead atoms. The minimum absolute atomic E-state index is 1.05. The second kappa shape index (κ2) is 3.70. The van der Waals surface area contributed by atoms with Gasteiger partial charge in [-0.25, -0.2) is 4.52 Å². The molecule has 0 radical (unpaired) electrons. The monoisotopic (exact) mass is 238 g/mol. The van der Waals surface area contributed by atoms with E-state index in [1.165, 1.54) is 29.7 Å². The third-order valence-corrected chi connectivity index (χ3v) is 3.69. The first-order valence-corrected chi connectivity index (χ1v) is 6.40. The summed E-state index contributed by atoms with van der Waals surface area (Å²) in [6.45, 7) is 1.05. The first-order valence-electron chi connectivity index (χ1n) is 6.40. The number of rotatable bonds is 1. The first kappa shape index (κ1) is 9.88. The minimum atomic E-state index is 1.05. The maximum atomic E-state index is 4.49. The SMILES string of the molecule is c1cc2ccc(-c3cnn4c3CCCC4)cn2n1. The molecule has 0 aromatic carbocycles. The molecular weight excluding hydrogens is 224 g/mol. The zero-order valence-corrected chi connectivity index (χ0v) is 10.1. The summed E-state index contributed by atoms with van der Waals surface area (Å²) >= 11 is 0. The molecule has 18 heavy (non-hydrogen) atoms. The summed E-state index contributed by atoms with van der Waals surface area (Å²) in [6, 6.07) is 6.27. The molecule has 3 aromatic heterocycles. The van der Waals surface area contributed by atoms with E-state index in [-0.39, 0.29) is 0 Å². The molecule has 0 saturated heterocycles. The van der Waals surface area contributed by atoms with E-state index >= 15 is 0 Å². The highest BCUT2D eigenvalue weighted by Gasteiger charge is 2.16. The van der Waals surface area contributed by atoms with Crippen LogP contribution < -0.4 is 0 Å². The van der Waals surface area contributed by atoms with Gasteiger partial charge in [-0.1, -0.05) is 6.07 Å². The van der Waals surface area contributed by atoms with E-state index in [0.29, 0.717) is 0 Å². The van der Waals surface area contributed by atoms with Crippen LogP contribution in [0.1, 0.15) is 18.5 Å². The molecule has 1 aliphatic rings. The van der Waals surface area contributed by atoms with Crippen LogP contribution in [0.3, 0.4) is 0 Å². The van der Waals surface area contributed by atoms with E-state index < -0.39 is 0 Å². The lowest BCUT2D eigenvalue weighted by Gasteiger charge is -2.14. The Morgan fingerprint density at radius 2 is 2.06 bits per heavy atom. The second-order valence-electron chi connectivity index (χ2n) is 4.80. The molecule has 90 valence electrons. The summed E-state index contributed by atoms with van der Waals surface area (Å²) in [5.41, 5.74) is 4.95. The van der Waals surface area contributed by atoms with E-state index in [9.17, 15) is 0 Å². The molecule has 4 heterocycles. The Kier molecular flexibility index (Phi) is 2.03. The summed E-state index contributed by atoms with van der Waals surface area (Å²) in [5.74, 6) is 0. The van der Waals surface area contributed by atoms with Crippen LogP contribution in [-0.2, 0) is 13.0 Å². The van der Waals surface area contributed by atoms with Gasteiger partial charge in [-0.3, -0.25) is 4.68 Å². The Labute approximate surface area is 105 Å². The van der Waals surface area contributed by atoms with Gasteiger partial charge >= 0.3 is 0 Å². The van der Waals surface area contributed by atoms with E-state index in [1.54, 1.807) is 0 Å². The lowest BCUT2D eigenvalue weighted by atomic mass is 10.0. The number of fused-ring (bicyclic) bond motifs is 2. The third-order valence-electron chi connectivity index (χ3n) is 3.69. The number of aryl methyl sites for hydroxylation is 1. The topological polar surface area (TPSA) is 35.1 Å². The first-order chi connectivity index (χ1) is 8.92. The Hall–Kier alpha value is -2.10. The molecule has 0 saturated carbocycles. The maximum absolute atomic E-state index is 4.49. The molecule has 4 nitrogen and oxygen atoms in total. The third kappa shape index (κ3) is 1.38. The van der Waals surface area contributed by atoms with Crippen molar-refractivity contribution in [2.24, 2.45) is 0 Å². The predicted octanol–water partition coefficient (Wildman–Crippen LogP) is 2.53. The molecule has 4 heteroatoms. The van der Waals surface area contributed by atoms with E-state index in [0.717, 1.165) is 18.5 Å². The van der Waals surface area contributed by atoms with Gasteiger partial charge in [0.05, 0.1) is 11.7 Å². The number of hydrogen-bond acceptors (Lipinski definition) is 2. The van der Waals surface area contributed by atoms with Gasteiger partial charge in [-0.15, -0.1) is 0 Å². The molecule has 0 amide bonds. The summed E-state index contributed by atoms with van der Waals surface area (Å²) in [5, 5.41) is 8.78. The lowest BCUT2D eigenvalue weighted by molar-refractivity contribution is 0.487. The zero-order chi connectivity index (χ0) is 11.9. The molecule has 1 aliphatic heterocycles. The van der Waals surface area contributed by atoms with Crippen LogP contribution in [0.2, 0.25) is 0 Å².